The van der Waals surface area contributed by atoms with Crippen molar-refractivity contribution in [1.82, 2.24) is 9.88 Å². The summed E-state index contributed by atoms with van der Waals surface area (Å²) in [6.07, 6.45) is 0.284. The fourth-order valence-electron chi connectivity index (χ4n) is 3.03. The van der Waals surface area contributed by atoms with E-state index in [9.17, 15) is 14.4 Å². The molecule has 1 aliphatic heterocycles. The molecule has 1 fully saturated rings. The first-order valence-corrected chi connectivity index (χ1v) is 10.5. The molecular weight excluding hydrogens is 436 g/mol. The molecule has 1 unspecified atom stereocenters. The number of rotatable bonds is 4. The van der Waals surface area contributed by atoms with E-state index >= 15 is 0 Å². The summed E-state index contributed by atoms with van der Waals surface area (Å²) >= 11 is 5.81. The smallest absolute Gasteiger partial charge is 0.411 e. The number of anilines is 2. The lowest BCUT2D eigenvalue weighted by Gasteiger charge is -2.24. The number of carbonyl (C=O) groups is 3. The van der Waals surface area contributed by atoms with Gasteiger partial charge in [0.25, 0.3) is 5.91 Å². The maximum atomic E-state index is 12.6. The largest absolute Gasteiger partial charge is 0.444 e. The Kier molecular flexibility index (Phi) is 7.19. The molecule has 2 N–H and O–H groups in total. The van der Waals surface area contributed by atoms with Crippen LogP contribution in [0.4, 0.5) is 21.1 Å². The van der Waals surface area contributed by atoms with E-state index in [1.165, 1.54) is 11.1 Å². The van der Waals surface area contributed by atoms with Crippen molar-refractivity contribution in [1.29, 1.82) is 0 Å². The third kappa shape index (κ3) is 6.58. The Balaban J connectivity index is 1.57. The zero-order valence-corrected chi connectivity index (χ0v) is 18.8. The number of carbonyl (C=O) groups excluding carboxylic acids is 3. The quantitative estimate of drug-likeness (QED) is 0.692. The average Bonchev–Trinajstić information content (AvgIpc) is 3.17. The second kappa shape index (κ2) is 9.86. The highest BCUT2D eigenvalue weighted by atomic mass is 35.5. The average molecular weight is 461 g/mol. The molecule has 3 rings (SSSR count). The summed E-state index contributed by atoms with van der Waals surface area (Å²) in [6, 6.07) is 9.70. The minimum absolute atomic E-state index is 0.239. The lowest BCUT2D eigenvalue weighted by Crippen LogP contribution is -2.36. The van der Waals surface area contributed by atoms with Crippen LogP contribution in [-0.2, 0) is 9.47 Å². The van der Waals surface area contributed by atoms with Crippen molar-refractivity contribution in [3.05, 3.63) is 53.2 Å². The molecular formula is C22H25ClN4O5. The van der Waals surface area contributed by atoms with Gasteiger partial charge in [-0.05, 0) is 45.0 Å². The lowest BCUT2D eigenvalue weighted by molar-refractivity contribution is 0.0263. The number of hydrogen-bond acceptors (Lipinski definition) is 6. The molecule has 2 aromatic rings. The Hall–Kier alpha value is -3.33. The fraction of sp³-hybridized carbons (Fsp3) is 0.364. The first-order chi connectivity index (χ1) is 15.1. The van der Waals surface area contributed by atoms with Crippen LogP contribution in [0, 0.1) is 0 Å². The zero-order valence-electron chi connectivity index (χ0n) is 18.1. The number of amides is 3. The lowest BCUT2D eigenvalue weighted by atomic mass is 10.1. The number of para-hydroxylation sites is 1. The molecule has 1 atom stereocenters. The van der Waals surface area contributed by atoms with Crippen LogP contribution < -0.4 is 10.6 Å². The van der Waals surface area contributed by atoms with E-state index < -0.39 is 29.8 Å². The Morgan fingerprint density at radius 2 is 1.88 bits per heavy atom. The molecule has 0 saturated carbocycles. The van der Waals surface area contributed by atoms with Crippen molar-refractivity contribution < 1.29 is 23.9 Å². The maximum Gasteiger partial charge on any atom is 0.411 e. The molecule has 170 valence electrons. The van der Waals surface area contributed by atoms with Gasteiger partial charge in [0.05, 0.1) is 22.8 Å². The van der Waals surface area contributed by atoms with E-state index in [4.69, 9.17) is 21.1 Å². The molecule has 3 amide bonds. The van der Waals surface area contributed by atoms with Crippen LogP contribution in [-0.4, -0.2) is 52.8 Å². The Morgan fingerprint density at radius 1 is 1.12 bits per heavy atom. The topological polar surface area (TPSA) is 110 Å². The molecule has 0 radical (unpaired) electrons. The van der Waals surface area contributed by atoms with E-state index in [1.807, 2.05) is 0 Å². The Morgan fingerprint density at radius 3 is 2.56 bits per heavy atom. The van der Waals surface area contributed by atoms with Gasteiger partial charge >= 0.3 is 12.2 Å². The number of nitrogens with zero attached hydrogens (tertiary/aromatic N) is 2. The first-order valence-electron chi connectivity index (χ1n) is 10.1. The van der Waals surface area contributed by atoms with E-state index in [-0.39, 0.29) is 17.8 Å². The molecule has 0 spiro atoms. The van der Waals surface area contributed by atoms with Crippen molar-refractivity contribution in [3.8, 4) is 0 Å². The summed E-state index contributed by atoms with van der Waals surface area (Å²) in [5.74, 6) is -0.127. The van der Waals surface area contributed by atoms with Crippen molar-refractivity contribution >= 4 is 41.2 Å². The molecule has 1 aliphatic rings. The second-order valence-corrected chi connectivity index (χ2v) is 8.67. The van der Waals surface area contributed by atoms with Crippen molar-refractivity contribution in [2.24, 2.45) is 0 Å². The summed E-state index contributed by atoms with van der Waals surface area (Å²) in [5.41, 5.74) is -0.0758. The molecule has 32 heavy (non-hydrogen) atoms. The summed E-state index contributed by atoms with van der Waals surface area (Å²) < 4.78 is 10.8. The number of aromatic nitrogens is 1. The number of ether oxygens (including phenoxy) is 2. The Labute approximate surface area is 191 Å². The van der Waals surface area contributed by atoms with E-state index in [2.05, 4.69) is 15.6 Å². The minimum Gasteiger partial charge on any atom is -0.444 e. The second-order valence-electron chi connectivity index (χ2n) is 8.23. The van der Waals surface area contributed by atoms with E-state index in [0.717, 1.165) is 0 Å². The number of benzene rings is 1. The van der Waals surface area contributed by atoms with Gasteiger partial charge in [-0.2, -0.15) is 0 Å². The minimum atomic E-state index is -0.717. The van der Waals surface area contributed by atoms with Gasteiger partial charge in [0.15, 0.2) is 0 Å². The van der Waals surface area contributed by atoms with Crippen LogP contribution in [0.3, 0.4) is 0 Å². The van der Waals surface area contributed by atoms with Crippen molar-refractivity contribution in [3.63, 3.8) is 0 Å². The summed E-state index contributed by atoms with van der Waals surface area (Å²) in [4.78, 5) is 42.8. The molecule has 1 aromatic heterocycles. The van der Waals surface area contributed by atoms with Crippen LogP contribution in [0.25, 0.3) is 0 Å². The number of likely N-dealkylation sites (tertiary alicyclic amines) is 1. The standard InChI is InChI=1S/C22H25ClN4O5/c1-22(2,3)32-21(30)27-11-10-15(13-27)31-20(29)25-17-7-5-4-6-16(17)19(28)26-18-9-8-14(23)12-24-18/h4-9,12,15H,10-11,13H2,1-3H3,(H,25,29)(H,24,26,28). The zero-order chi connectivity index (χ0) is 23.3. The van der Waals surface area contributed by atoms with Gasteiger partial charge in [0.2, 0.25) is 0 Å². The van der Waals surface area contributed by atoms with Crippen LogP contribution >= 0.6 is 11.6 Å². The molecule has 10 heteroatoms. The SMILES string of the molecule is CC(C)(C)OC(=O)N1CCC(OC(=O)Nc2ccccc2C(=O)Nc2ccc(Cl)cn2)C1. The molecule has 1 saturated heterocycles. The third-order valence-corrected chi connectivity index (χ3v) is 4.67. The predicted octanol–water partition coefficient (Wildman–Crippen LogP) is 4.55. The summed E-state index contributed by atoms with van der Waals surface area (Å²) in [7, 11) is 0. The van der Waals surface area contributed by atoms with Crippen LogP contribution in [0.1, 0.15) is 37.6 Å². The maximum absolute atomic E-state index is 12.6. The predicted molar refractivity (Wildman–Crippen MR) is 120 cm³/mol. The molecule has 9 nitrogen and oxygen atoms in total. The van der Waals surface area contributed by atoms with E-state index in [0.29, 0.717) is 23.8 Å². The highest BCUT2D eigenvalue weighted by molar-refractivity contribution is 6.30. The number of halogens is 1. The van der Waals surface area contributed by atoms with Crippen LogP contribution in [0.15, 0.2) is 42.6 Å². The van der Waals surface area contributed by atoms with Gasteiger partial charge in [0, 0.05) is 19.2 Å². The summed E-state index contributed by atoms with van der Waals surface area (Å²) in [5, 5.41) is 5.70. The molecule has 2 heterocycles. The van der Waals surface area contributed by atoms with Crippen LogP contribution in [0.2, 0.25) is 5.02 Å². The third-order valence-electron chi connectivity index (χ3n) is 4.45. The highest BCUT2D eigenvalue weighted by Gasteiger charge is 2.32. The van der Waals surface area contributed by atoms with Gasteiger partial charge in [0.1, 0.15) is 17.5 Å². The number of hydrogen-bond donors (Lipinski definition) is 2. The monoisotopic (exact) mass is 460 g/mol. The molecule has 1 aromatic carbocycles. The highest BCUT2D eigenvalue weighted by Crippen LogP contribution is 2.20. The van der Waals surface area contributed by atoms with Gasteiger partial charge in [-0.25, -0.2) is 14.6 Å². The molecule has 0 bridgehead atoms. The van der Waals surface area contributed by atoms with Crippen molar-refractivity contribution in [2.45, 2.75) is 38.9 Å². The first kappa shape index (κ1) is 23.3. The van der Waals surface area contributed by atoms with E-state index in [1.54, 1.807) is 57.2 Å². The van der Waals surface area contributed by atoms with Gasteiger partial charge in [-0.15, -0.1) is 0 Å². The molecule has 0 aliphatic carbocycles. The summed E-state index contributed by atoms with van der Waals surface area (Å²) in [6.45, 7) is 6.05. The van der Waals surface area contributed by atoms with Gasteiger partial charge in [-0.1, -0.05) is 23.7 Å². The fourth-order valence-corrected chi connectivity index (χ4v) is 3.14. The number of pyridine rings is 1. The Bertz CT molecular complexity index is 991. The normalized spacial score (nSPS) is 15.8. The number of nitrogens with one attached hydrogen (secondary N) is 2. The van der Waals surface area contributed by atoms with Gasteiger partial charge < -0.3 is 19.7 Å². The van der Waals surface area contributed by atoms with Crippen LogP contribution in [0.5, 0.6) is 0 Å². The van der Waals surface area contributed by atoms with Gasteiger partial charge in [-0.3, -0.25) is 10.1 Å². The van der Waals surface area contributed by atoms with Crippen molar-refractivity contribution in [2.75, 3.05) is 23.7 Å².